The highest BCUT2D eigenvalue weighted by atomic mass is 32.2. The lowest BCUT2D eigenvalue weighted by molar-refractivity contribution is -0.126. The average Bonchev–Trinajstić information content (AvgIpc) is 2.76. The first kappa shape index (κ1) is 16.7. The van der Waals surface area contributed by atoms with E-state index in [9.17, 15) is 13.2 Å². The Hall–Kier alpha value is -0.620. The molecule has 0 bridgehead atoms. The van der Waals surface area contributed by atoms with E-state index in [1.54, 1.807) is 6.92 Å². The van der Waals surface area contributed by atoms with Crippen LogP contribution in [0, 0.1) is 5.92 Å². The molecule has 1 aliphatic carbocycles. The summed E-state index contributed by atoms with van der Waals surface area (Å²) >= 11 is 0. The topological polar surface area (TPSA) is 66.5 Å². The van der Waals surface area contributed by atoms with Gasteiger partial charge in [-0.05, 0) is 32.6 Å². The number of sulfonamides is 1. The molecule has 1 saturated heterocycles. The van der Waals surface area contributed by atoms with E-state index in [1.807, 2.05) is 0 Å². The summed E-state index contributed by atoms with van der Waals surface area (Å²) in [6, 6.07) is 0.290. The summed E-state index contributed by atoms with van der Waals surface area (Å²) in [5.41, 5.74) is 0. The van der Waals surface area contributed by atoms with Crippen LogP contribution in [0.3, 0.4) is 0 Å². The quantitative estimate of drug-likeness (QED) is 0.805. The van der Waals surface area contributed by atoms with Gasteiger partial charge in [0.2, 0.25) is 15.9 Å². The molecule has 1 atom stereocenters. The predicted octanol–water partition coefficient (Wildman–Crippen LogP) is 1.89. The van der Waals surface area contributed by atoms with Crippen molar-refractivity contribution < 1.29 is 13.2 Å². The summed E-state index contributed by atoms with van der Waals surface area (Å²) in [5, 5.41) is 3.16. The summed E-state index contributed by atoms with van der Waals surface area (Å²) in [6.07, 6.45) is 8.61. The van der Waals surface area contributed by atoms with Crippen molar-refractivity contribution in [3.63, 3.8) is 0 Å². The van der Waals surface area contributed by atoms with Crippen LogP contribution in [0.1, 0.15) is 58.3 Å². The number of carbonyl (C=O) groups excluding carboxylic acids is 1. The zero-order valence-corrected chi connectivity index (χ0v) is 13.8. The lowest BCUT2D eigenvalue weighted by Gasteiger charge is -2.31. The summed E-state index contributed by atoms with van der Waals surface area (Å²) in [5.74, 6) is -0.00882. The molecule has 1 heterocycles. The maximum absolute atomic E-state index is 12.4. The van der Waals surface area contributed by atoms with Crippen LogP contribution in [0.25, 0.3) is 0 Å². The van der Waals surface area contributed by atoms with Gasteiger partial charge in [0.05, 0.1) is 11.7 Å². The van der Waals surface area contributed by atoms with Crippen molar-refractivity contribution in [3.8, 4) is 0 Å². The van der Waals surface area contributed by atoms with Gasteiger partial charge in [0.25, 0.3) is 0 Å². The second kappa shape index (κ2) is 7.58. The van der Waals surface area contributed by atoms with Crippen molar-refractivity contribution in [2.45, 2.75) is 64.3 Å². The molecular weight excluding hydrogens is 288 g/mol. The fourth-order valence-electron chi connectivity index (χ4n) is 3.33. The van der Waals surface area contributed by atoms with Gasteiger partial charge in [-0.25, -0.2) is 12.7 Å². The normalized spacial score (nSPS) is 26.2. The van der Waals surface area contributed by atoms with Crippen LogP contribution in [0.4, 0.5) is 0 Å². The number of rotatable bonds is 4. The summed E-state index contributed by atoms with van der Waals surface area (Å²) in [7, 11) is -3.17. The Labute approximate surface area is 128 Å². The van der Waals surface area contributed by atoms with Gasteiger partial charge in [0, 0.05) is 19.1 Å². The summed E-state index contributed by atoms with van der Waals surface area (Å²) in [4.78, 5) is 12.4. The molecule has 1 saturated carbocycles. The fourth-order valence-corrected chi connectivity index (χ4v) is 4.51. The highest BCUT2D eigenvalue weighted by molar-refractivity contribution is 7.89. The molecule has 1 aliphatic heterocycles. The van der Waals surface area contributed by atoms with Gasteiger partial charge in [-0.1, -0.05) is 25.7 Å². The molecule has 5 nitrogen and oxygen atoms in total. The third-order valence-electron chi connectivity index (χ3n) is 4.71. The van der Waals surface area contributed by atoms with Crippen molar-refractivity contribution >= 4 is 15.9 Å². The molecule has 21 heavy (non-hydrogen) atoms. The van der Waals surface area contributed by atoms with Gasteiger partial charge >= 0.3 is 0 Å². The standard InChI is InChI=1S/C15H28N2O3S/c1-2-21(19,20)17-11-7-8-13(12-17)15(18)16-14-9-5-3-4-6-10-14/h13-14H,2-12H2,1H3,(H,16,18)/t13-/m0/s1. The summed E-state index contributed by atoms with van der Waals surface area (Å²) in [6.45, 7) is 2.57. The maximum atomic E-state index is 12.4. The Morgan fingerprint density at radius 1 is 1.10 bits per heavy atom. The number of carbonyl (C=O) groups is 1. The van der Waals surface area contributed by atoms with Crippen LogP contribution in [-0.2, 0) is 14.8 Å². The molecule has 2 fully saturated rings. The smallest absolute Gasteiger partial charge is 0.224 e. The van der Waals surface area contributed by atoms with Crippen LogP contribution in [0.2, 0.25) is 0 Å². The number of piperidine rings is 1. The maximum Gasteiger partial charge on any atom is 0.224 e. The van der Waals surface area contributed by atoms with Gasteiger partial charge in [0.1, 0.15) is 0 Å². The van der Waals surface area contributed by atoms with Gasteiger partial charge in [-0.3, -0.25) is 4.79 Å². The van der Waals surface area contributed by atoms with E-state index < -0.39 is 10.0 Å². The molecule has 0 aromatic rings. The average molecular weight is 316 g/mol. The Morgan fingerprint density at radius 2 is 1.76 bits per heavy atom. The van der Waals surface area contributed by atoms with Crippen molar-refractivity contribution in [2.75, 3.05) is 18.8 Å². The minimum Gasteiger partial charge on any atom is -0.353 e. The lowest BCUT2D eigenvalue weighted by Crippen LogP contribution is -2.47. The zero-order valence-electron chi connectivity index (χ0n) is 13.0. The molecule has 0 aromatic carbocycles. The molecule has 0 radical (unpaired) electrons. The first-order valence-electron chi connectivity index (χ1n) is 8.31. The SMILES string of the molecule is CCS(=O)(=O)N1CCC[C@H](C(=O)NC2CCCCCC2)C1. The van der Waals surface area contributed by atoms with E-state index in [1.165, 1.54) is 30.0 Å². The van der Waals surface area contributed by atoms with E-state index in [0.29, 0.717) is 13.1 Å². The Bertz CT molecular complexity index is 442. The molecule has 1 amide bonds. The van der Waals surface area contributed by atoms with Gasteiger partial charge < -0.3 is 5.32 Å². The fraction of sp³-hybridized carbons (Fsp3) is 0.933. The molecule has 0 spiro atoms. The van der Waals surface area contributed by atoms with Crippen molar-refractivity contribution in [3.05, 3.63) is 0 Å². The predicted molar refractivity (Wildman–Crippen MR) is 83.4 cm³/mol. The second-order valence-corrected chi connectivity index (χ2v) is 8.55. The molecule has 6 heteroatoms. The third kappa shape index (κ3) is 4.68. The first-order valence-corrected chi connectivity index (χ1v) is 9.92. The Morgan fingerprint density at radius 3 is 2.38 bits per heavy atom. The number of nitrogens with zero attached hydrogens (tertiary/aromatic N) is 1. The highest BCUT2D eigenvalue weighted by Gasteiger charge is 2.32. The molecule has 122 valence electrons. The van der Waals surface area contributed by atoms with E-state index in [2.05, 4.69) is 5.32 Å². The largest absolute Gasteiger partial charge is 0.353 e. The number of nitrogens with one attached hydrogen (secondary N) is 1. The summed E-state index contributed by atoms with van der Waals surface area (Å²) < 4.78 is 25.4. The number of amides is 1. The number of hydrogen-bond acceptors (Lipinski definition) is 3. The Balaban J connectivity index is 1.89. The molecule has 2 aliphatic rings. The number of hydrogen-bond donors (Lipinski definition) is 1. The molecule has 2 rings (SSSR count). The van der Waals surface area contributed by atoms with Gasteiger partial charge in [-0.15, -0.1) is 0 Å². The highest BCUT2D eigenvalue weighted by Crippen LogP contribution is 2.22. The minimum absolute atomic E-state index is 0.0536. The van der Waals surface area contributed by atoms with Crippen LogP contribution in [0.5, 0.6) is 0 Å². The van der Waals surface area contributed by atoms with Gasteiger partial charge in [-0.2, -0.15) is 0 Å². The molecule has 1 N–H and O–H groups in total. The van der Waals surface area contributed by atoms with Crippen molar-refractivity contribution in [1.29, 1.82) is 0 Å². The van der Waals surface area contributed by atoms with Crippen LogP contribution < -0.4 is 5.32 Å². The minimum atomic E-state index is -3.17. The van der Waals surface area contributed by atoms with Crippen molar-refractivity contribution in [1.82, 2.24) is 9.62 Å². The van der Waals surface area contributed by atoms with E-state index in [0.717, 1.165) is 25.7 Å². The molecule has 0 aromatic heterocycles. The van der Waals surface area contributed by atoms with Crippen LogP contribution in [0.15, 0.2) is 0 Å². The van der Waals surface area contributed by atoms with Gasteiger partial charge in [0.15, 0.2) is 0 Å². The third-order valence-corrected chi connectivity index (χ3v) is 6.56. The van der Waals surface area contributed by atoms with Crippen molar-refractivity contribution in [2.24, 2.45) is 5.92 Å². The van der Waals surface area contributed by atoms with Crippen LogP contribution in [-0.4, -0.2) is 43.5 Å². The molecular formula is C15H28N2O3S. The zero-order chi connectivity index (χ0) is 15.3. The first-order chi connectivity index (χ1) is 10.0. The molecule has 0 unspecified atom stereocenters. The van der Waals surface area contributed by atoms with E-state index >= 15 is 0 Å². The second-order valence-electron chi connectivity index (χ2n) is 6.29. The van der Waals surface area contributed by atoms with E-state index in [-0.39, 0.29) is 23.6 Å². The monoisotopic (exact) mass is 316 g/mol. The van der Waals surface area contributed by atoms with E-state index in [4.69, 9.17) is 0 Å². The van der Waals surface area contributed by atoms with Crippen LogP contribution >= 0.6 is 0 Å². The Kier molecular flexibility index (Phi) is 6.05. The lowest BCUT2D eigenvalue weighted by atomic mass is 9.97.